The quantitative estimate of drug-likeness (QED) is 0.791. The molecule has 0 spiro atoms. The van der Waals surface area contributed by atoms with Gasteiger partial charge in [-0.05, 0) is 60.1 Å². The summed E-state index contributed by atoms with van der Waals surface area (Å²) in [5.41, 5.74) is 5.70. The van der Waals surface area contributed by atoms with Crippen LogP contribution in [0, 0.1) is 5.82 Å². The molecule has 1 amide bonds. The Bertz CT molecular complexity index is 886. The maximum absolute atomic E-state index is 14.9. The van der Waals surface area contributed by atoms with Gasteiger partial charge in [-0.15, -0.1) is 0 Å². The molecule has 4 nitrogen and oxygen atoms in total. The van der Waals surface area contributed by atoms with Gasteiger partial charge < -0.3 is 4.90 Å². The van der Waals surface area contributed by atoms with Crippen LogP contribution in [0.5, 0.6) is 0 Å². The predicted molar refractivity (Wildman–Crippen MR) is 108 cm³/mol. The van der Waals surface area contributed by atoms with Gasteiger partial charge in [0, 0.05) is 43.2 Å². The number of amides is 1. The van der Waals surface area contributed by atoms with Crippen molar-refractivity contribution in [2.75, 3.05) is 17.7 Å². The number of benzene rings is 1. The molecule has 1 aromatic carbocycles. The van der Waals surface area contributed by atoms with E-state index in [0.29, 0.717) is 18.5 Å². The van der Waals surface area contributed by atoms with E-state index < -0.39 is 0 Å². The number of anilines is 1. The summed E-state index contributed by atoms with van der Waals surface area (Å²) in [6.07, 6.45) is 8.01. The van der Waals surface area contributed by atoms with Crippen molar-refractivity contribution in [2.24, 2.45) is 0 Å². The number of carbonyl (C=O) groups excluding carboxylic acids is 1. The van der Waals surface area contributed by atoms with Crippen LogP contribution in [0.4, 0.5) is 10.1 Å². The Balaban J connectivity index is 1.77. The van der Waals surface area contributed by atoms with E-state index in [1.165, 1.54) is 16.0 Å². The van der Waals surface area contributed by atoms with E-state index in [-0.39, 0.29) is 17.8 Å². The van der Waals surface area contributed by atoms with Gasteiger partial charge in [0.15, 0.2) is 0 Å². The average Bonchev–Trinajstić information content (AvgIpc) is 2.68. The summed E-state index contributed by atoms with van der Waals surface area (Å²) in [4.78, 5) is 17.8. The summed E-state index contributed by atoms with van der Waals surface area (Å²) in [7, 11) is 1.65. The lowest BCUT2D eigenvalue weighted by molar-refractivity contribution is -0.118. The number of aryl methyl sites for hydroxylation is 1. The molecule has 0 saturated heterocycles. The Morgan fingerprint density at radius 1 is 1.30 bits per heavy atom. The highest BCUT2D eigenvalue weighted by Crippen LogP contribution is 2.39. The second-order valence-electron chi connectivity index (χ2n) is 7.17. The maximum Gasteiger partial charge on any atom is 0.227 e. The van der Waals surface area contributed by atoms with Crippen LogP contribution >= 0.6 is 11.9 Å². The first kappa shape index (κ1) is 18.4. The summed E-state index contributed by atoms with van der Waals surface area (Å²) < 4.78 is 18.4. The number of nitrogens with zero attached hydrogens (tertiary/aromatic N) is 2. The maximum atomic E-state index is 14.9. The SMILES string of the molecule is CCSNC1CCCc2c(-c3cc(F)c4c(c3)CCC(=O)N4C)cncc21. The third-order valence-corrected chi connectivity index (χ3v) is 6.27. The van der Waals surface area contributed by atoms with Crippen molar-refractivity contribution in [3.8, 4) is 11.1 Å². The Hall–Kier alpha value is -1.92. The van der Waals surface area contributed by atoms with Crippen LogP contribution in [0.3, 0.4) is 0 Å². The van der Waals surface area contributed by atoms with E-state index in [1.807, 2.05) is 18.5 Å². The molecule has 2 aliphatic rings. The lowest BCUT2D eigenvalue weighted by Gasteiger charge is -2.29. The van der Waals surface area contributed by atoms with Crippen LogP contribution in [0.2, 0.25) is 0 Å². The van der Waals surface area contributed by atoms with E-state index >= 15 is 0 Å². The smallest absolute Gasteiger partial charge is 0.227 e. The molecule has 6 heteroatoms. The van der Waals surface area contributed by atoms with Gasteiger partial charge in [0.1, 0.15) is 5.82 Å². The fraction of sp³-hybridized carbons (Fsp3) is 0.429. The molecule has 0 radical (unpaired) electrons. The van der Waals surface area contributed by atoms with Gasteiger partial charge in [0.25, 0.3) is 0 Å². The van der Waals surface area contributed by atoms with E-state index in [2.05, 4.69) is 16.6 Å². The first-order chi connectivity index (χ1) is 13.1. The van der Waals surface area contributed by atoms with Gasteiger partial charge >= 0.3 is 0 Å². The first-order valence-corrected chi connectivity index (χ1v) is 10.5. The molecule has 27 heavy (non-hydrogen) atoms. The van der Waals surface area contributed by atoms with Crippen LogP contribution in [0.25, 0.3) is 11.1 Å². The molecular formula is C21H24FN3OS. The van der Waals surface area contributed by atoms with E-state index in [1.54, 1.807) is 25.1 Å². The second-order valence-corrected chi connectivity index (χ2v) is 8.27. The number of fused-ring (bicyclic) bond motifs is 2. The minimum Gasteiger partial charge on any atom is -0.313 e. The fourth-order valence-corrected chi connectivity index (χ4v) is 4.80. The Morgan fingerprint density at radius 3 is 2.96 bits per heavy atom. The molecule has 0 fully saturated rings. The number of carbonyl (C=O) groups is 1. The molecule has 2 heterocycles. The zero-order chi connectivity index (χ0) is 19.0. The zero-order valence-electron chi connectivity index (χ0n) is 15.7. The van der Waals surface area contributed by atoms with Crippen molar-refractivity contribution in [2.45, 2.75) is 45.1 Å². The number of halogens is 1. The summed E-state index contributed by atoms with van der Waals surface area (Å²) in [6, 6.07) is 3.89. The molecule has 1 atom stereocenters. The van der Waals surface area contributed by atoms with Gasteiger partial charge in [-0.3, -0.25) is 14.5 Å². The zero-order valence-corrected chi connectivity index (χ0v) is 16.5. The topological polar surface area (TPSA) is 45.2 Å². The molecule has 2 aromatic rings. The minimum atomic E-state index is -0.331. The minimum absolute atomic E-state index is 0.0322. The standard InChI is InChI=1S/C21H24FN3OS/c1-3-27-24-19-6-4-5-15-16(11-23-12-17(15)19)14-9-13-7-8-20(26)25(2)21(13)18(22)10-14/h9-12,19,24H,3-8H2,1-2H3. The number of aromatic nitrogens is 1. The lowest BCUT2D eigenvalue weighted by Crippen LogP contribution is -2.32. The van der Waals surface area contributed by atoms with Crippen LogP contribution in [-0.4, -0.2) is 23.7 Å². The van der Waals surface area contributed by atoms with Crippen molar-refractivity contribution in [1.82, 2.24) is 9.71 Å². The molecule has 4 rings (SSSR count). The molecule has 1 unspecified atom stereocenters. The van der Waals surface area contributed by atoms with Gasteiger partial charge in [0.05, 0.1) is 5.69 Å². The number of hydrogen-bond acceptors (Lipinski definition) is 4. The number of nitrogens with one attached hydrogen (secondary N) is 1. The summed E-state index contributed by atoms with van der Waals surface area (Å²) >= 11 is 1.73. The second kappa shape index (κ2) is 7.60. The Labute approximate surface area is 163 Å². The van der Waals surface area contributed by atoms with Crippen LogP contribution in [0.15, 0.2) is 24.5 Å². The average molecular weight is 386 g/mol. The van der Waals surface area contributed by atoms with Crippen molar-refractivity contribution >= 4 is 23.5 Å². The predicted octanol–water partition coefficient (Wildman–Crippen LogP) is 4.43. The molecule has 0 saturated carbocycles. The number of rotatable bonds is 4. The highest BCUT2D eigenvalue weighted by Gasteiger charge is 2.27. The van der Waals surface area contributed by atoms with Gasteiger partial charge in [-0.25, -0.2) is 4.39 Å². The van der Waals surface area contributed by atoms with Gasteiger partial charge in [-0.1, -0.05) is 18.9 Å². The van der Waals surface area contributed by atoms with Crippen molar-refractivity contribution < 1.29 is 9.18 Å². The summed E-state index contributed by atoms with van der Waals surface area (Å²) in [6.45, 7) is 2.13. The van der Waals surface area contributed by atoms with E-state index in [4.69, 9.17) is 0 Å². The normalized spacial score (nSPS) is 19.0. The van der Waals surface area contributed by atoms with Crippen molar-refractivity contribution in [3.05, 3.63) is 47.0 Å². The third kappa shape index (κ3) is 3.36. The Kier molecular flexibility index (Phi) is 5.19. The molecule has 1 N–H and O–H groups in total. The molecule has 142 valence electrons. The summed E-state index contributed by atoms with van der Waals surface area (Å²) in [5.74, 6) is 0.652. The monoisotopic (exact) mass is 385 g/mol. The van der Waals surface area contributed by atoms with E-state index in [9.17, 15) is 9.18 Å². The van der Waals surface area contributed by atoms with Crippen LogP contribution in [-0.2, 0) is 17.6 Å². The lowest BCUT2D eigenvalue weighted by atomic mass is 9.84. The highest BCUT2D eigenvalue weighted by atomic mass is 32.2. The van der Waals surface area contributed by atoms with Crippen LogP contribution in [0.1, 0.15) is 48.9 Å². The molecule has 0 bridgehead atoms. The third-order valence-electron chi connectivity index (χ3n) is 5.53. The van der Waals surface area contributed by atoms with E-state index in [0.717, 1.165) is 41.7 Å². The first-order valence-electron chi connectivity index (χ1n) is 9.53. The van der Waals surface area contributed by atoms with Gasteiger partial charge in [0.2, 0.25) is 5.91 Å². The molecule has 1 aliphatic carbocycles. The summed E-state index contributed by atoms with van der Waals surface area (Å²) in [5, 5.41) is 0. The molecule has 1 aromatic heterocycles. The van der Waals surface area contributed by atoms with Crippen LogP contribution < -0.4 is 9.62 Å². The van der Waals surface area contributed by atoms with Gasteiger partial charge in [-0.2, -0.15) is 0 Å². The molecule has 1 aliphatic heterocycles. The largest absolute Gasteiger partial charge is 0.313 e. The van der Waals surface area contributed by atoms with Crippen molar-refractivity contribution in [3.63, 3.8) is 0 Å². The fourth-order valence-electron chi connectivity index (χ4n) is 4.19. The molecular weight excluding hydrogens is 361 g/mol. The van der Waals surface area contributed by atoms with Crippen molar-refractivity contribution in [1.29, 1.82) is 0 Å². The number of pyridine rings is 1. The highest BCUT2D eigenvalue weighted by molar-refractivity contribution is 7.97. The number of hydrogen-bond donors (Lipinski definition) is 1. The Morgan fingerprint density at radius 2 is 2.15 bits per heavy atom.